The average Bonchev–Trinajstić information content (AvgIpc) is 3.15. The molecular formula is C16H16N4O2S. The molecule has 3 aromatic rings. The number of carbonyl (C=O) groups excluding carboxylic acids is 1. The van der Waals surface area contributed by atoms with Crippen molar-refractivity contribution in [2.45, 2.75) is 25.3 Å². The molecule has 0 spiro atoms. The number of aromatic nitrogens is 2. The number of hydrogen-bond donors (Lipinski definition) is 1. The van der Waals surface area contributed by atoms with Crippen molar-refractivity contribution >= 4 is 33.5 Å². The van der Waals surface area contributed by atoms with Gasteiger partial charge in [-0.1, -0.05) is 29.5 Å². The van der Waals surface area contributed by atoms with Crippen LogP contribution in [-0.4, -0.2) is 28.2 Å². The molecule has 7 heteroatoms. The number of nitrogens with one attached hydrogen (secondary N) is 1. The maximum absolute atomic E-state index is 12.2. The van der Waals surface area contributed by atoms with Gasteiger partial charge in [0.25, 0.3) is 0 Å². The molecule has 1 N–H and O–H groups in total. The monoisotopic (exact) mass is 328 g/mol. The largest absolute Gasteiger partial charge is 0.459 e. The fourth-order valence-electron chi connectivity index (χ4n) is 2.39. The molecule has 4 rings (SSSR count). The highest BCUT2D eigenvalue weighted by Crippen LogP contribution is 2.42. The first-order chi connectivity index (χ1) is 11.2. The summed E-state index contributed by atoms with van der Waals surface area (Å²) in [6.07, 6.45) is 2.35. The molecule has 2 amide bonds. The molecule has 23 heavy (non-hydrogen) atoms. The van der Waals surface area contributed by atoms with Crippen molar-refractivity contribution in [3.05, 3.63) is 41.1 Å². The van der Waals surface area contributed by atoms with Crippen molar-refractivity contribution in [2.75, 3.05) is 12.4 Å². The van der Waals surface area contributed by atoms with Crippen LogP contribution in [0.3, 0.4) is 0 Å². The molecule has 2 heterocycles. The van der Waals surface area contributed by atoms with E-state index in [1.807, 2.05) is 30.3 Å². The lowest BCUT2D eigenvalue weighted by molar-refractivity contribution is 0.217. The zero-order valence-electron chi connectivity index (χ0n) is 12.7. The van der Waals surface area contributed by atoms with Crippen LogP contribution in [0.2, 0.25) is 0 Å². The lowest BCUT2D eigenvalue weighted by Crippen LogP contribution is -2.30. The minimum Gasteiger partial charge on any atom is -0.459 e. The summed E-state index contributed by atoms with van der Waals surface area (Å²) in [4.78, 5) is 13.8. The van der Waals surface area contributed by atoms with Crippen LogP contribution in [-0.2, 0) is 6.54 Å². The zero-order valence-corrected chi connectivity index (χ0v) is 13.5. The van der Waals surface area contributed by atoms with Gasteiger partial charge in [-0.15, -0.1) is 10.2 Å². The summed E-state index contributed by atoms with van der Waals surface area (Å²) in [6.45, 7) is 0.398. The highest BCUT2D eigenvalue weighted by Gasteiger charge is 2.28. The average molecular weight is 328 g/mol. The molecule has 118 valence electrons. The molecule has 1 aliphatic carbocycles. The topological polar surface area (TPSA) is 71.3 Å². The van der Waals surface area contributed by atoms with Crippen molar-refractivity contribution in [3.8, 4) is 0 Å². The Morgan fingerprint density at radius 2 is 2.22 bits per heavy atom. The number of carbonyl (C=O) groups is 1. The third-order valence-corrected chi connectivity index (χ3v) is 4.80. The third kappa shape index (κ3) is 3.05. The molecule has 1 aliphatic rings. The molecule has 1 saturated carbocycles. The molecule has 0 aliphatic heterocycles. The van der Waals surface area contributed by atoms with E-state index in [-0.39, 0.29) is 6.03 Å². The van der Waals surface area contributed by atoms with Gasteiger partial charge in [0, 0.05) is 18.4 Å². The summed E-state index contributed by atoms with van der Waals surface area (Å²) in [5.74, 6) is 1.30. The smallest absolute Gasteiger partial charge is 0.323 e. The molecule has 2 aromatic heterocycles. The Hall–Kier alpha value is -2.41. The standard InChI is InChI=1S/C16H16N4O2S/c1-20(9-12-8-11-4-2-3-5-13(11)22-12)16(21)17-15-19-18-14(23-15)10-6-7-10/h2-5,8,10H,6-7,9H2,1H3,(H,17,19,21). The SMILES string of the molecule is CN(Cc1cc2ccccc2o1)C(=O)Nc1nnc(C2CC2)s1. The van der Waals surface area contributed by atoms with Crippen LogP contribution >= 0.6 is 11.3 Å². The number of nitrogens with zero attached hydrogens (tertiary/aromatic N) is 3. The summed E-state index contributed by atoms with van der Waals surface area (Å²) in [5, 5.41) is 13.5. The highest BCUT2D eigenvalue weighted by atomic mass is 32.1. The molecule has 0 unspecified atom stereocenters. The predicted octanol–water partition coefficient (Wildman–Crippen LogP) is 3.83. The van der Waals surface area contributed by atoms with Gasteiger partial charge in [-0.2, -0.15) is 0 Å². The van der Waals surface area contributed by atoms with Gasteiger partial charge in [0.15, 0.2) is 0 Å². The van der Waals surface area contributed by atoms with Gasteiger partial charge in [-0.25, -0.2) is 4.79 Å². The maximum atomic E-state index is 12.2. The van der Waals surface area contributed by atoms with E-state index in [0.717, 1.165) is 21.7 Å². The first-order valence-corrected chi connectivity index (χ1v) is 8.33. The number of urea groups is 1. The summed E-state index contributed by atoms with van der Waals surface area (Å²) in [6, 6.07) is 9.53. The normalized spacial score (nSPS) is 14.1. The third-order valence-electron chi connectivity index (χ3n) is 3.80. The molecule has 1 fully saturated rings. The van der Waals surface area contributed by atoms with E-state index >= 15 is 0 Å². The summed E-state index contributed by atoms with van der Waals surface area (Å²) < 4.78 is 5.74. The van der Waals surface area contributed by atoms with Gasteiger partial charge >= 0.3 is 6.03 Å². The first-order valence-electron chi connectivity index (χ1n) is 7.52. The van der Waals surface area contributed by atoms with E-state index in [4.69, 9.17) is 4.42 Å². The Bertz CT molecular complexity index is 820. The number of hydrogen-bond acceptors (Lipinski definition) is 5. The van der Waals surface area contributed by atoms with E-state index in [1.54, 1.807) is 11.9 Å². The van der Waals surface area contributed by atoms with Crippen molar-refractivity contribution in [1.82, 2.24) is 15.1 Å². The maximum Gasteiger partial charge on any atom is 0.323 e. The first kappa shape index (κ1) is 14.2. The van der Waals surface area contributed by atoms with Gasteiger partial charge in [0.2, 0.25) is 5.13 Å². The predicted molar refractivity (Wildman–Crippen MR) is 88.6 cm³/mol. The molecule has 1 aromatic carbocycles. The van der Waals surface area contributed by atoms with E-state index in [9.17, 15) is 4.79 Å². The van der Waals surface area contributed by atoms with E-state index in [0.29, 0.717) is 17.6 Å². The summed E-state index contributed by atoms with van der Waals surface area (Å²) >= 11 is 1.46. The highest BCUT2D eigenvalue weighted by molar-refractivity contribution is 7.15. The second-order valence-corrected chi connectivity index (χ2v) is 6.77. The van der Waals surface area contributed by atoms with E-state index in [2.05, 4.69) is 15.5 Å². The molecule has 0 bridgehead atoms. The van der Waals surface area contributed by atoms with Gasteiger partial charge in [-0.05, 0) is 25.0 Å². The van der Waals surface area contributed by atoms with Crippen LogP contribution in [0.15, 0.2) is 34.7 Å². The number of furan rings is 1. The Morgan fingerprint density at radius 1 is 1.39 bits per heavy atom. The number of benzene rings is 1. The van der Waals surface area contributed by atoms with Crippen molar-refractivity contribution < 1.29 is 9.21 Å². The summed E-state index contributed by atoms with van der Waals surface area (Å²) in [5.41, 5.74) is 0.828. The van der Waals surface area contributed by atoms with Crippen molar-refractivity contribution in [1.29, 1.82) is 0 Å². The van der Waals surface area contributed by atoms with Crippen LogP contribution in [0.5, 0.6) is 0 Å². The fraction of sp³-hybridized carbons (Fsp3) is 0.312. The number of amides is 2. The Kier molecular flexibility index (Phi) is 3.49. The summed E-state index contributed by atoms with van der Waals surface area (Å²) in [7, 11) is 1.73. The minimum atomic E-state index is -0.219. The molecule has 0 saturated heterocycles. The van der Waals surface area contributed by atoms with Crippen molar-refractivity contribution in [2.24, 2.45) is 0 Å². The Labute approximate surface area is 137 Å². The van der Waals surface area contributed by atoms with Gasteiger partial charge in [0.1, 0.15) is 16.4 Å². The molecular weight excluding hydrogens is 312 g/mol. The number of rotatable bonds is 4. The number of fused-ring (bicyclic) bond motifs is 1. The second-order valence-electron chi connectivity index (χ2n) is 5.76. The number of para-hydroxylation sites is 1. The molecule has 0 radical (unpaired) electrons. The van der Waals surface area contributed by atoms with E-state index < -0.39 is 0 Å². The molecule has 6 nitrogen and oxygen atoms in total. The minimum absolute atomic E-state index is 0.219. The van der Waals surface area contributed by atoms with Gasteiger partial charge in [0.05, 0.1) is 6.54 Å². The lowest BCUT2D eigenvalue weighted by Gasteiger charge is -2.15. The molecule has 0 atom stereocenters. The van der Waals surface area contributed by atoms with Crippen LogP contribution in [0.1, 0.15) is 29.5 Å². The lowest BCUT2D eigenvalue weighted by atomic mass is 10.2. The number of anilines is 1. The van der Waals surface area contributed by atoms with Crippen molar-refractivity contribution in [3.63, 3.8) is 0 Å². The van der Waals surface area contributed by atoms with Gasteiger partial charge < -0.3 is 9.32 Å². The van der Waals surface area contributed by atoms with E-state index in [1.165, 1.54) is 24.2 Å². The van der Waals surface area contributed by atoms with Gasteiger partial charge in [-0.3, -0.25) is 5.32 Å². The second kappa shape index (κ2) is 5.66. The van der Waals surface area contributed by atoms with Crippen LogP contribution in [0.25, 0.3) is 11.0 Å². The van der Waals surface area contributed by atoms with Crippen LogP contribution in [0, 0.1) is 0 Å². The van der Waals surface area contributed by atoms with Crippen LogP contribution < -0.4 is 5.32 Å². The Morgan fingerprint density at radius 3 is 3.00 bits per heavy atom. The zero-order chi connectivity index (χ0) is 15.8. The fourth-order valence-corrected chi connectivity index (χ4v) is 3.29. The quantitative estimate of drug-likeness (QED) is 0.790. The van der Waals surface area contributed by atoms with Crippen LogP contribution in [0.4, 0.5) is 9.93 Å². The Balaban J connectivity index is 1.40.